The summed E-state index contributed by atoms with van der Waals surface area (Å²) in [5.74, 6) is 0.935. The Hall–Kier alpha value is -1.40. The van der Waals surface area contributed by atoms with Crippen molar-refractivity contribution in [3.63, 3.8) is 0 Å². The molecule has 3 nitrogen and oxygen atoms in total. The van der Waals surface area contributed by atoms with Crippen molar-refractivity contribution in [1.82, 2.24) is 9.55 Å². The summed E-state index contributed by atoms with van der Waals surface area (Å²) in [4.78, 5) is 4.67. The number of benzene rings is 2. The number of halogens is 1. The van der Waals surface area contributed by atoms with E-state index in [1.807, 2.05) is 42.5 Å². The quantitative estimate of drug-likeness (QED) is 0.684. The molecule has 0 bridgehead atoms. The molecular weight excluding hydrogens is 375 g/mol. The Morgan fingerprint density at radius 1 is 1.14 bits per heavy atom. The van der Waals surface area contributed by atoms with Crippen LogP contribution in [0.1, 0.15) is 24.4 Å². The van der Waals surface area contributed by atoms with Crippen LogP contribution in [0.25, 0.3) is 11.0 Å². The molecule has 1 unspecified atom stereocenters. The Labute approximate surface area is 137 Å². The van der Waals surface area contributed by atoms with Gasteiger partial charge >= 0.3 is 0 Å². The number of aryl methyl sites for hydroxylation is 1. The summed E-state index contributed by atoms with van der Waals surface area (Å²) in [5, 5.41) is 10.5. The number of hydrogen-bond donors (Lipinski definition) is 1. The molecule has 0 radical (unpaired) electrons. The van der Waals surface area contributed by atoms with Crippen LogP contribution in [0.2, 0.25) is 0 Å². The summed E-state index contributed by atoms with van der Waals surface area (Å²) in [6.45, 7) is 2.96. The summed E-state index contributed by atoms with van der Waals surface area (Å²) in [6.07, 6.45) is 0.00690. The molecule has 1 atom stereocenters. The molecule has 0 fully saturated rings. The molecule has 3 rings (SSSR count). The molecule has 1 heterocycles. The van der Waals surface area contributed by atoms with E-state index in [4.69, 9.17) is 0 Å². The van der Waals surface area contributed by atoms with Crippen molar-refractivity contribution in [2.24, 2.45) is 0 Å². The Bertz CT molecular complexity index is 749. The Morgan fingerprint density at radius 2 is 1.86 bits per heavy atom. The van der Waals surface area contributed by atoms with E-state index in [1.54, 1.807) is 0 Å². The SMILES string of the molecule is CCn1c(CC(O)c2ccc(I)cc2)nc2ccccc21. The van der Waals surface area contributed by atoms with Crippen LogP contribution in [0.15, 0.2) is 48.5 Å². The maximum atomic E-state index is 10.5. The fraction of sp³-hybridized carbons (Fsp3) is 0.235. The molecule has 0 spiro atoms. The third kappa shape index (κ3) is 2.96. The minimum Gasteiger partial charge on any atom is -0.388 e. The maximum absolute atomic E-state index is 10.5. The second kappa shape index (κ2) is 6.15. The van der Waals surface area contributed by atoms with Crippen molar-refractivity contribution in [2.45, 2.75) is 26.0 Å². The van der Waals surface area contributed by atoms with Gasteiger partial charge < -0.3 is 9.67 Å². The van der Waals surface area contributed by atoms with E-state index in [9.17, 15) is 5.11 Å². The minimum absolute atomic E-state index is 0.524. The average molecular weight is 392 g/mol. The smallest absolute Gasteiger partial charge is 0.112 e. The zero-order chi connectivity index (χ0) is 14.8. The predicted molar refractivity (Wildman–Crippen MR) is 93.2 cm³/mol. The molecule has 108 valence electrons. The van der Waals surface area contributed by atoms with E-state index in [2.05, 4.69) is 45.1 Å². The Kier molecular flexibility index (Phi) is 4.26. The molecule has 0 aliphatic carbocycles. The molecule has 0 saturated carbocycles. The molecule has 3 aromatic rings. The molecule has 2 aromatic carbocycles. The summed E-state index contributed by atoms with van der Waals surface area (Å²) < 4.78 is 3.34. The van der Waals surface area contributed by atoms with Crippen molar-refractivity contribution < 1.29 is 5.11 Å². The van der Waals surface area contributed by atoms with Gasteiger partial charge in [0.25, 0.3) is 0 Å². The second-order valence-corrected chi connectivity index (χ2v) is 6.28. The van der Waals surface area contributed by atoms with E-state index in [0.29, 0.717) is 6.42 Å². The molecular formula is C17H17IN2O. The highest BCUT2D eigenvalue weighted by atomic mass is 127. The molecule has 0 amide bonds. The molecule has 1 aromatic heterocycles. The highest BCUT2D eigenvalue weighted by Gasteiger charge is 2.15. The van der Waals surface area contributed by atoms with Crippen LogP contribution in [-0.2, 0) is 13.0 Å². The van der Waals surface area contributed by atoms with Crippen molar-refractivity contribution >= 4 is 33.6 Å². The number of hydrogen-bond acceptors (Lipinski definition) is 2. The predicted octanol–water partition coefficient (Wildman–Crippen LogP) is 3.94. The van der Waals surface area contributed by atoms with Crippen LogP contribution in [0, 0.1) is 3.57 Å². The third-order valence-electron chi connectivity index (χ3n) is 3.68. The van der Waals surface area contributed by atoms with E-state index in [-0.39, 0.29) is 0 Å². The minimum atomic E-state index is -0.524. The normalized spacial score (nSPS) is 12.7. The zero-order valence-electron chi connectivity index (χ0n) is 11.8. The molecule has 0 aliphatic heterocycles. The van der Waals surface area contributed by atoms with E-state index >= 15 is 0 Å². The van der Waals surface area contributed by atoms with E-state index < -0.39 is 6.10 Å². The lowest BCUT2D eigenvalue weighted by Gasteiger charge is -2.12. The van der Waals surface area contributed by atoms with Crippen LogP contribution in [-0.4, -0.2) is 14.7 Å². The first-order valence-electron chi connectivity index (χ1n) is 7.06. The lowest BCUT2D eigenvalue weighted by atomic mass is 10.1. The van der Waals surface area contributed by atoms with Crippen LogP contribution in [0.4, 0.5) is 0 Å². The lowest BCUT2D eigenvalue weighted by molar-refractivity contribution is 0.174. The number of fused-ring (bicyclic) bond motifs is 1. The average Bonchev–Trinajstić information content (AvgIpc) is 2.84. The number of nitrogens with zero attached hydrogens (tertiary/aromatic N) is 2. The first-order chi connectivity index (χ1) is 10.2. The van der Waals surface area contributed by atoms with Gasteiger partial charge in [-0.05, 0) is 59.3 Å². The fourth-order valence-electron chi connectivity index (χ4n) is 2.61. The van der Waals surface area contributed by atoms with E-state index in [0.717, 1.165) is 29.0 Å². The van der Waals surface area contributed by atoms with Crippen molar-refractivity contribution in [2.75, 3.05) is 0 Å². The number of para-hydroxylation sites is 2. The molecule has 21 heavy (non-hydrogen) atoms. The number of rotatable bonds is 4. The number of aliphatic hydroxyl groups is 1. The summed E-state index contributed by atoms with van der Waals surface area (Å²) in [5.41, 5.74) is 3.05. The van der Waals surface area contributed by atoms with Gasteiger partial charge in [0.1, 0.15) is 5.82 Å². The molecule has 0 aliphatic rings. The van der Waals surface area contributed by atoms with Gasteiger partial charge in [-0.3, -0.25) is 0 Å². The van der Waals surface area contributed by atoms with Crippen molar-refractivity contribution in [1.29, 1.82) is 0 Å². The van der Waals surface area contributed by atoms with Crippen LogP contribution in [0.3, 0.4) is 0 Å². The summed E-state index contributed by atoms with van der Waals surface area (Å²) >= 11 is 2.27. The molecule has 0 saturated heterocycles. The monoisotopic (exact) mass is 392 g/mol. The van der Waals surface area contributed by atoms with Gasteiger partial charge in [-0.15, -0.1) is 0 Å². The third-order valence-corrected chi connectivity index (χ3v) is 4.40. The first kappa shape index (κ1) is 14.5. The highest BCUT2D eigenvalue weighted by molar-refractivity contribution is 14.1. The van der Waals surface area contributed by atoms with Gasteiger partial charge in [0.05, 0.1) is 17.1 Å². The van der Waals surface area contributed by atoms with Gasteiger partial charge in [-0.1, -0.05) is 24.3 Å². The molecule has 1 N–H and O–H groups in total. The van der Waals surface area contributed by atoms with Crippen molar-refractivity contribution in [3.8, 4) is 0 Å². The van der Waals surface area contributed by atoms with Crippen LogP contribution in [0.5, 0.6) is 0 Å². The number of imidazole rings is 1. The van der Waals surface area contributed by atoms with Gasteiger partial charge in [0.15, 0.2) is 0 Å². The van der Waals surface area contributed by atoms with Crippen LogP contribution < -0.4 is 0 Å². The maximum Gasteiger partial charge on any atom is 0.112 e. The van der Waals surface area contributed by atoms with Crippen molar-refractivity contribution in [3.05, 3.63) is 63.5 Å². The summed E-state index contributed by atoms with van der Waals surface area (Å²) in [6, 6.07) is 16.1. The van der Waals surface area contributed by atoms with Gasteiger partial charge in [0, 0.05) is 16.5 Å². The summed E-state index contributed by atoms with van der Waals surface area (Å²) in [7, 11) is 0. The Morgan fingerprint density at radius 3 is 2.57 bits per heavy atom. The highest BCUT2D eigenvalue weighted by Crippen LogP contribution is 2.22. The van der Waals surface area contributed by atoms with Gasteiger partial charge in [-0.2, -0.15) is 0 Å². The first-order valence-corrected chi connectivity index (χ1v) is 8.14. The van der Waals surface area contributed by atoms with Crippen LogP contribution >= 0.6 is 22.6 Å². The Balaban J connectivity index is 1.92. The lowest BCUT2D eigenvalue weighted by Crippen LogP contribution is -2.08. The molecule has 4 heteroatoms. The number of aromatic nitrogens is 2. The topological polar surface area (TPSA) is 38.0 Å². The fourth-order valence-corrected chi connectivity index (χ4v) is 2.97. The number of aliphatic hydroxyl groups excluding tert-OH is 1. The van der Waals surface area contributed by atoms with Gasteiger partial charge in [0.2, 0.25) is 0 Å². The van der Waals surface area contributed by atoms with E-state index in [1.165, 1.54) is 3.57 Å². The standard InChI is InChI=1S/C17H17IN2O/c1-2-20-15-6-4-3-5-14(15)19-17(20)11-16(21)12-7-9-13(18)10-8-12/h3-10,16,21H,2,11H2,1H3. The second-order valence-electron chi connectivity index (χ2n) is 5.03. The largest absolute Gasteiger partial charge is 0.388 e. The van der Waals surface area contributed by atoms with Gasteiger partial charge in [-0.25, -0.2) is 4.98 Å². The zero-order valence-corrected chi connectivity index (χ0v) is 14.0.